The molecule has 0 bridgehead atoms. The van der Waals surface area contributed by atoms with Gasteiger partial charge in [0.1, 0.15) is 0 Å². The molecular weight excluding hydrogens is 208 g/mol. The highest BCUT2D eigenvalue weighted by atomic mass is 15.1. The van der Waals surface area contributed by atoms with Crippen LogP contribution >= 0.6 is 0 Å². The highest BCUT2D eigenvalue weighted by Gasteiger charge is 2.15. The van der Waals surface area contributed by atoms with Gasteiger partial charge in [-0.3, -0.25) is 0 Å². The average Bonchev–Trinajstić information content (AvgIpc) is 2.37. The Bertz CT molecular complexity index is 297. The Labute approximate surface area is 106 Å². The maximum absolute atomic E-state index is 5.90. The molecule has 2 atom stereocenters. The molecule has 2 unspecified atom stereocenters. The maximum Gasteiger partial charge on any atom is 0.00888 e. The summed E-state index contributed by atoms with van der Waals surface area (Å²) in [5.74, 6) is 0.445. The quantitative estimate of drug-likeness (QED) is 0.786. The van der Waals surface area contributed by atoms with Crippen LogP contribution in [0, 0.1) is 0 Å². The minimum Gasteiger partial charge on any atom is -0.330 e. The summed E-state index contributed by atoms with van der Waals surface area (Å²) in [5, 5.41) is 0. The lowest BCUT2D eigenvalue weighted by Gasteiger charge is -2.28. The molecule has 96 valence electrons. The van der Waals surface area contributed by atoms with Crippen LogP contribution in [-0.4, -0.2) is 31.1 Å². The van der Waals surface area contributed by atoms with Gasteiger partial charge in [-0.2, -0.15) is 0 Å². The van der Waals surface area contributed by atoms with Crippen molar-refractivity contribution in [3.63, 3.8) is 0 Å². The SMILES string of the molecule is CCCC(C)N(C)CC(CN)c1ccccc1. The van der Waals surface area contributed by atoms with E-state index in [2.05, 4.69) is 56.1 Å². The summed E-state index contributed by atoms with van der Waals surface area (Å²) in [6.07, 6.45) is 2.49. The first-order valence-electron chi connectivity index (χ1n) is 6.64. The first kappa shape index (κ1) is 14.2. The number of benzene rings is 1. The van der Waals surface area contributed by atoms with E-state index in [-0.39, 0.29) is 0 Å². The third kappa shape index (κ3) is 4.49. The zero-order valence-electron chi connectivity index (χ0n) is 11.4. The topological polar surface area (TPSA) is 29.3 Å². The van der Waals surface area contributed by atoms with Crippen molar-refractivity contribution in [3.8, 4) is 0 Å². The largest absolute Gasteiger partial charge is 0.330 e. The first-order valence-corrected chi connectivity index (χ1v) is 6.64. The van der Waals surface area contributed by atoms with E-state index in [1.165, 1.54) is 18.4 Å². The van der Waals surface area contributed by atoms with Gasteiger partial charge in [0, 0.05) is 25.0 Å². The highest BCUT2D eigenvalue weighted by molar-refractivity contribution is 5.20. The minimum atomic E-state index is 0.445. The summed E-state index contributed by atoms with van der Waals surface area (Å²) in [6, 6.07) is 11.2. The summed E-state index contributed by atoms with van der Waals surface area (Å²) in [5.41, 5.74) is 7.25. The second-order valence-electron chi connectivity index (χ2n) is 4.92. The molecule has 17 heavy (non-hydrogen) atoms. The molecule has 1 rings (SSSR count). The third-order valence-electron chi connectivity index (χ3n) is 3.52. The molecule has 0 saturated heterocycles. The summed E-state index contributed by atoms with van der Waals surface area (Å²) in [6.45, 7) is 6.29. The van der Waals surface area contributed by atoms with Crippen LogP contribution in [0.2, 0.25) is 0 Å². The molecule has 0 saturated carbocycles. The van der Waals surface area contributed by atoms with Crippen LogP contribution < -0.4 is 5.73 Å². The molecule has 0 amide bonds. The number of nitrogens with zero attached hydrogens (tertiary/aromatic N) is 1. The van der Waals surface area contributed by atoms with Crippen LogP contribution in [0.3, 0.4) is 0 Å². The monoisotopic (exact) mass is 234 g/mol. The van der Waals surface area contributed by atoms with Gasteiger partial charge < -0.3 is 10.6 Å². The molecule has 0 radical (unpaired) electrons. The molecule has 0 aromatic heterocycles. The number of hydrogen-bond donors (Lipinski definition) is 1. The molecule has 0 fully saturated rings. The Kier molecular flexibility index (Phi) is 6.23. The van der Waals surface area contributed by atoms with Crippen molar-refractivity contribution in [1.29, 1.82) is 0 Å². The second-order valence-corrected chi connectivity index (χ2v) is 4.92. The van der Waals surface area contributed by atoms with E-state index in [1.807, 2.05) is 0 Å². The fraction of sp³-hybridized carbons (Fsp3) is 0.600. The Morgan fingerprint density at radius 2 is 1.88 bits per heavy atom. The lowest BCUT2D eigenvalue weighted by Crippen LogP contribution is -2.35. The lowest BCUT2D eigenvalue weighted by molar-refractivity contribution is 0.231. The molecule has 2 heteroatoms. The maximum atomic E-state index is 5.90. The summed E-state index contributed by atoms with van der Waals surface area (Å²) >= 11 is 0. The van der Waals surface area contributed by atoms with Crippen LogP contribution in [0.1, 0.15) is 38.2 Å². The summed E-state index contributed by atoms with van der Waals surface area (Å²) in [7, 11) is 2.20. The lowest BCUT2D eigenvalue weighted by atomic mass is 9.98. The van der Waals surface area contributed by atoms with Crippen LogP contribution in [-0.2, 0) is 0 Å². The minimum absolute atomic E-state index is 0.445. The number of nitrogens with two attached hydrogens (primary N) is 1. The van der Waals surface area contributed by atoms with Crippen molar-refractivity contribution in [2.75, 3.05) is 20.1 Å². The van der Waals surface area contributed by atoms with Crippen molar-refractivity contribution in [2.45, 2.75) is 38.6 Å². The zero-order valence-corrected chi connectivity index (χ0v) is 11.4. The molecule has 0 aliphatic heterocycles. The molecule has 0 aliphatic rings. The van der Waals surface area contributed by atoms with Gasteiger partial charge in [-0.15, -0.1) is 0 Å². The number of hydrogen-bond acceptors (Lipinski definition) is 2. The van der Waals surface area contributed by atoms with Gasteiger partial charge in [-0.1, -0.05) is 43.7 Å². The third-order valence-corrected chi connectivity index (χ3v) is 3.52. The second kappa shape index (κ2) is 7.46. The van der Waals surface area contributed by atoms with Crippen molar-refractivity contribution < 1.29 is 0 Å². The Morgan fingerprint density at radius 3 is 2.41 bits per heavy atom. The predicted molar refractivity (Wildman–Crippen MR) is 75.2 cm³/mol. The van der Waals surface area contributed by atoms with Gasteiger partial charge in [0.2, 0.25) is 0 Å². The Balaban J connectivity index is 2.58. The van der Waals surface area contributed by atoms with Crippen molar-refractivity contribution in [3.05, 3.63) is 35.9 Å². The average molecular weight is 234 g/mol. The molecule has 1 aromatic carbocycles. The first-order chi connectivity index (χ1) is 8.19. The van der Waals surface area contributed by atoms with E-state index in [4.69, 9.17) is 5.73 Å². The van der Waals surface area contributed by atoms with Crippen molar-refractivity contribution in [2.24, 2.45) is 5.73 Å². The number of likely N-dealkylation sites (N-methyl/N-ethyl adjacent to an activating group) is 1. The van der Waals surface area contributed by atoms with Crippen LogP contribution in [0.25, 0.3) is 0 Å². The Hall–Kier alpha value is -0.860. The van der Waals surface area contributed by atoms with E-state index in [9.17, 15) is 0 Å². The van der Waals surface area contributed by atoms with E-state index in [1.54, 1.807) is 0 Å². The fourth-order valence-corrected chi connectivity index (χ4v) is 2.21. The molecule has 0 aliphatic carbocycles. The molecule has 2 N–H and O–H groups in total. The van der Waals surface area contributed by atoms with Crippen molar-refractivity contribution >= 4 is 0 Å². The van der Waals surface area contributed by atoms with E-state index < -0.39 is 0 Å². The predicted octanol–water partition coefficient (Wildman–Crippen LogP) is 2.85. The van der Waals surface area contributed by atoms with Gasteiger partial charge in [-0.25, -0.2) is 0 Å². The van der Waals surface area contributed by atoms with E-state index in [0.717, 1.165) is 6.54 Å². The van der Waals surface area contributed by atoms with Crippen LogP contribution in [0.4, 0.5) is 0 Å². The molecule has 2 nitrogen and oxygen atoms in total. The molecule has 0 spiro atoms. The molecular formula is C15H26N2. The molecule has 1 aromatic rings. The highest BCUT2D eigenvalue weighted by Crippen LogP contribution is 2.17. The standard InChI is InChI=1S/C15H26N2/c1-4-8-13(2)17(3)12-15(11-16)14-9-6-5-7-10-14/h5-7,9-10,13,15H,4,8,11-12,16H2,1-3H3. The van der Waals surface area contributed by atoms with Crippen LogP contribution in [0.15, 0.2) is 30.3 Å². The number of rotatable bonds is 7. The molecule has 0 heterocycles. The van der Waals surface area contributed by atoms with E-state index >= 15 is 0 Å². The zero-order chi connectivity index (χ0) is 12.7. The van der Waals surface area contributed by atoms with Gasteiger partial charge in [-0.05, 0) is 26.0 Å². The summed E-state index contributed by atoms with van der Waals surface area (Å²) < 4.78 is 0. The fourth-order valence-electron chi connectivity index (χ4n) is 2.21. The normalized spacial score (nSPS) is 14.9. The van der Waals surface area contributed by atoms with Crippen LogP contribution in [0.5, 0.6) is 0 Å². The Morgan fingerprint density at radius 1 is 1.24 bits per heavy atom. The summed E-state index contributed by atoms with van der Waals surface area (Å²) in [4.78, 5) is 2.42. The van der Waals surface area contributed by atoms with Gasteiger partial charge in [0.25, 0.3) is 0 Å². The smallest absolute Gasteiger partial charge is 0.00888 e. The van der Waals surface area contributed by atoms with Gasteiger partial charge in [0.05, 0.1) is 0 Å². The van der Waals surface area contributed by atoms with Gasteiger partial charge >= 0.3 is 0 Å². The van der Waals surface area contributed by atoms with Gasteiger partial charge in [0.15, 0.2) is 0 Å². The van der Waals surface area contributed by atoms with E-state index in [0.29, 0.717) is 18.5 Å². The van der Waals surface area contributed by atoms with Crippen molar-refractivity contribution in [1.82, 2.24) is 4.90 Å².